The van der Waals surface area contributed by atoms with Crippen LogP contribution < -0.4 is 9.64 Å². The molecule has 118 valence electrons. The zero-order valence-corrected chi connectivity index (χ0v) is 13.5. The first-order valence-corrected chi connectivity index (χ1v) is 7.83. The molecule has 0 amide bonds. The number of hydrogen-bond donors (Lipinski definition) is 0. The number of rotatable bonds is 7. The number of morpholine rings is 1. The van der Waals surface area contributed by atoms with Gasteiger partial charge in [-0.05, 0) is 25.4 Å². The fourth-order valence-electron chi connectivity index (χ4n) is 2.27. The molecule has 0 aliphatic carbocycles. The van der Waals surface area contributed by atoms with E-state index in [1.54, 1.807) is 0 Å². The molecule has 0 bridgehead atoms. The number of nitrogens with zero attached hydrogens (tertiary/aromatic N) is 4. The maximum Gasteiger partial charge on any atom is 0.227 e. The first kappa shape index (κ1) is 16.3. The van der Waals surface area contributed by atoms with Crippen LogP contribution in [0.2, 0.25) is 5.28 Å². The summed E-state index contributed by atoms with van der Waals surface area (Å²) in [4.78, 5) is 12.8. The second kappa shape index (κ2) is 8.36. The molecular weight excluding hydrogens is 292 g/mol. The number of ether oxygens (including phenoxy) is 2. The predicted molar refractivity (Wildman–Crippen MR) is 83.4 cm³/mol. The van der Waals surface area contributed by atoms with Crippen molar-refractivity contribution >= 4 is 17.4 Å². The minimum Gasteiger partial charge on any atom is -0.476 e. The van der Waals surface area contributed by atoms with Gasteiger partial charge in [-0.1, -0.05) is 0 Å². The molecule has 6 nitrogen and oxygen atoms in total. The van der Waals surface area contributed by atoms with Crippen LogP contribution in [0.15, 0.2) is 6.07 Å². The van der Waals surface area contributed by atoms with E-state index in [4.69, 9.17) is 21.1 Å². The van der Waals surface area contributed by atoms with Crippen molar-refractivity contribution in [3.63, 3.8) is 0 Å². The van der Waals surface area contributed by atoms with Gasteiger partial charge in [-0.3, -0.25) is 4.90 Å². The van der Waals surface area contributed by atoms with Crippen LogP contribution in [-0.2, 0) is 4.74 Å². The molecule has 1 saturated heterocycles. The molecule has 0 spiro atoms. The average molecular weight is 315 g/mol. The monoisotopic (exact) mass is 314 g/mol. The number of hydrogen-bond acceptors (Lipinski definition) is 6. The summed E-state index contributed by atoms with van der Waals surface area (Å²) in [5.74, 6) is 1.34. The molecule has 0 aromatic carbocycles. The molecule has 21 heavy (non-hydrogen) atoms. The van der Waals surface area contributed by atoms with Gasteiger partial charge in [0.25, 0.3) is 0 Å². The van der Waals surface area contributed by atoms with Crippen LogP contribution in [0, 0.1) is 0 Å². The van der Waals surface area contributed by atoms with Crippen molar-refractivity contribution < 1.29 is 9.47 Å². The lowest BCUT2D eigenvalue weighted by Gasteiger charge is -2.26. The Labute approximate surface area is 131 Å². The lowest BCUT2D eigenvalue weighted by molar-refractivity contribution is 0.0320. The Balaban J connectivity index is 1.90. The summed E-state index contributed by atoms with van der Waals surface area (Å²) >= 11 is 5.98. The Morgan fingerprint density at radius 3 is 2.67 bits per heavy atom. The molecular formula is C14H23ClN4O2. The minimum atomic E-state index is 0.223. The fraction of sp³-hybridized carbons (Fsp3) is 0.714. The fourth-order valence-corrected chi connectivity index (χ4v) is 2.44. The first-order chi connectivity index (χ1) is 10.2. The first-order valence-electron chi connectivity index (χ1n) is 7.45. The van der Waals surface area contributed by atoms with Crippen LogP contribution in [0.1, 0.15) is 13.8 Å². The van der Waals surface area contributed by atoms with E-state index in [-0.39, 0.29) is 5.28 Å². The van der Waals surface area contributed by atoms with Gasteiger partial charge in [0.2, 0.25) is 11.2 Å². The van der Waals surface area contributed by atoms with Gasteiger partial charge in [0.1, 0.15) is 12.4 Å². The Bertz CT molecular complexity index is 437. The van der Waals surface area contributed by atoms with Crippen LogP contribution in [0.4, 0.5) is 5.82 Å². The molecule has 0 N–H and O–H groups in total. The molecule has 0 unspecified atom stereocenters. The van der Waals surface area contributed by atoms with E-state index in [0.29, 0.717) is 12.5 Å². The smallest absolute Gasteiger partial charge is 0.227 e. The standard InChI is InChI=1S/C14H23ClN4O2/c1-3-19(4-2)12-11-13(17-14(15)16-12)21-10-7-18-5-8-20-9-6-18/h11H,3-10H2,1-2H3. The zero-order valence-electron chi connectivity index (χ0n) is 12.7. The van der Waals surface area contributed by atoms with Gasteiger partial charge in [-0.25, -0.2) is 4.98 Å². The van der Waals surface area contributed by atoms with Gasteiger partial charge < -0.3 is 14.4 Å². The van der Waals surface area contributed by atoms with Crippen molar-refractivity contribution in [1.29, 1.82) is 0 Å². The molecule has 1 aliphatic rings. The van der Waals surface area contributed by atoms with Gasteiger partial charge in [0.15, 0.2) is 0 Å². The van der Waals surface area contributed by atoms with Gasteiger partial charge in [-0.2, -0.15) is 4.98 Å². The van der Waals surface area contributed by atoms with Crippen LogP contribution in [0.3, 0.4) is 0 Å². The highest BCUT2D eigenvalue weighted by molar-refractivity contribution is 6.28. The van der Waals surface area contributed by atoms with Crippen LogP contribution in [0.5, 0.6) is 5.88 Å². The molecule has 2 rings (SSSR count). The van der Waals surface area contributed by atoms with E-state index in [9.17, 15) is 0 Å². The third-order valence-electron chi connectivity index (χ3n) is 3.51. The SMILES string of the molecule is CCN(CC)c1cc(OCCN2CCOCC2)nc(Cl)n1. The summed E-state index contributed by atoms with van der Waals surface area (Å²) in [7, 11) is 0. The molecule has 1 fully saturated rings. The summed E-state index contributed by atoms with van der Waals surface area (Å²) in [5, 5.41) is 0.223. The highest BCUT2D eigenvalue weighted by Gasteiger charge is 2.12. The van der Waals surface area contributed by atoms with E-state index in [2.05, 4.69) is 33.6 Å². The molecule has 1 aromatic rings. The second-order valence-corrected chi connectivity index (χ2v) is 5.15. The summed E-state index contributed by atoms with van der Waals surface area (Å²) in [6.07, 6.45) is 0. The lowest BCUT2D eigenvalue weighted by Crippen LogP contribution is -2.38. The van der Waals surface area contributed by atoms with E-state index >= 15 is 0 Å². The Kier molecular flexibility index (Phi) is 6.48. The molecule has 2 heterocycles. The van der Waals surface area contributed by atoms with Gasteiger partial charge in [0.05, 0.1) is 13.2 Å². The Hall–Kier alpha value is -1.11. The average Bonchev–Trinajstić information content (AvgIpc) is 2.49. The third kappa shape index (κ3) is 4.98. The largest absolute Gasteiger partial charge is 0.476 e. The normalized spacial score (nSPS) is 16.0. The van der Waals surface area contributed by atoms with Gasteiger partial charge in [0, 0.05) is 38.8 Å². The number of halogens is 1. The van der Waals surface area contributed by atoms with Crippen molar-refractivity contribution in [2.45, 2.75) is 13.8 Å². The van der Waals surface area contributed by atoms with Crippen LogP contribution in [-0.4, -0.2) is 67.4 Å². The topological polar surface area (TPSA) is 50.7 Å². The van der Waals surface area contributed by atoms with E-state index in [1.807, 2.05) is 6.07 Å². The molecule has 7 heteroatoms. The van der Waals surface area contributed by atoms with Crippen molar-refractivity contribution in [1.82, 2.24) is 14.9 Å². The summed E-state index contributed by atoms with van der Waals surface area (Å²) in [6, 6.07) is 1.85. The molecule has 1 aliphatic heterocycles. The molecule has 1 aromatic heterocycles. The maximum atomic E-state index is 5.98. The summed E-state index contributed by atoms with van der Waals surface area (Å²) in [6.45, 7) is 10.9. The molecule has 0 saturated carbocycles. The summed E-state index contributed by atoms with van der Waals surface area (Å²) in [5.41, 5.74) is 0. The lowest BCUT2D eigenvalue weighted by atomic mass is 10.4. The van der Waals surface area contributed by atoms with Crippen molar-refractivity contribution in [3.8, 4) is 5.88 Å². The van der Waals surface area contributed by atoms with E-state index in [1.165, 1.54) is 0 Å². The van der Waals surface area contributed by atoms with Crippen molar-refractivity contribution in [2.24, 2.45) is 0 Å². The molecule has 0 radical (unpaired) electrons. The third-order valence-corrected chi connectivity index (χ3v) is 3.68. The van der Waals surface area contributed by atoms with Crippen molar-refractivity contribution in [3.05, 3.63) is 11.3 Å². The number of aromatic nitrogens is 2. The zero-order chi connectivity index (χ0) is 15.1. The quantitative estimate of drug-likeness (QED) is 0.714. The Morgan fingerprint density at radius 2 is 2.00 bits per heavy atom. The van der Waals surface area contributed by atoms with Crippen molar-refractivity contribution in [2.75, 3.05) is 57.4 Å². The van der Waals surface area contributed by atoms with Crippen LogP contribution in [0.25, 0.3) is 0 Å². The maximum absolute atomic E-state index is 5.98. The highest BCUT2D eigenvalue weighted by Crippen LogP contribution is 2.19. The summed E-state index contributed by atoms with van der Waals surface area (Å²) < 4.78 is 11.0. The Morgan fingerprint density at radius 1 is 1.29 bits per heavy atom. The van der Waals surface area contributed by atoms with Gasteiger partial charge >= 0.3 is 0 Å². The van der Waals surface area contributed by atoms with E-state index in [0.717, 1.165) is 51.8 Å². The van der Waals surface area contributed by atoms with Gasteiger partial charge in [-0.15, -0.1) is 0 Å². The second-order valence-electron chi connectivity index (χ2n) is 4.81. The number of anilines is 1. The molecule has 0 atom stereocenters. The predicted octanol–water partition coefficient (Wildman–Crippen LogP) is 1.69. The highest BCUT2D eigenvalue weighted by atomic mass is 35.5. The van der Waals surface area contributed by atoms with Crippen LogP contribution >= 0.6 is 11.6 Å². The minimum absolute atomic E-state index is 0.223. The van der Waals surface area contributed by atoms with E-state index < -0.39 is 0 Å².